The van der Waals surface area contributed by atoms with Crippen molar-refractivity contribution in [2.24, 2.45) is 0 Å². The number of ether oxygens (including phenoxy) is 1. The summed E-state index contributed by atoms with van der Waals surface area (Å²) in [6.45, 7) is 2.97. The molecule has 0 aromatic carbocycles. The van der Waals surface area contributed by atoms with Gasteiger partial charge in [0.1, 0.15) is 5.56 Å². The van der Waals surface area contributed by atoms with E-state index in [0.717, 1.165) is 25.0 Å². The number of H-pyrrole nitrogens is 1. The minimum Gasteiger partial charge on any atom is -0.378 e. The third kappa shape index (κ3) is 5.01. The lowest BCUT2D eigenvalue weighted by Crippen LogP contribution is -2.30. The molecule has 1 fully saturated rings. The standard InChI is InChI=1S/C16H24N2O3/c1-12-10-15(19)14(11-18-12)16(20)17-8-5-9-21-13-6-3-2-4-7-13/h10-11,13H,2-9H2,1H3,(H,17,20)(H,18,19). The van der Waals surface area contributed by atoms with Gasteiger partial charge in [-0.25, -0.2) is 0 Å². The molecule has 5 nitrogen and oxygen atoms in total. The number of aromatic nitrogens is 1. The van der Waals surface area contributed by atoms with Gasteiger partial charge in [0.25, 0.3) is 5.91 Å². The Bertz CT molecular complexity index is 518. The smallest absolute Gasteiger partial charge is 0.256 e. The second kappa shape index (κ2) is 7.98. The number of pyridine rings is 1. The third-order valence-corrected chi connectivity index (χ3v) is 3.81. The van der Waals surface area contributed by atoms with E-state index >= 15 is 0 Å². The first kappa shape index (κ1) is 15.8. The molecule has 1 aromatic heterocycles. The van der Waals surface area contributed by atoms with Crippen LogP contribution in [0.4, 0.5) is 0 Å². The molecule has 1 aliphatic carbocycles. The topological polar surface area (TPSA) is 71.2 Å². The van der Waals surface area contributed by atoms with Gasteiger partial charge >= 0.3 is 0 Å². The first-order valence-electron chi connectivity index (χ1n) is 7.76. The maximum Gasteiger partial charge on any atom is 0.256 e. The van der Waals surface area contributed by atoms with Crippen LogP contribution in [0, 0.1) is 6.92 Å². The summed E-state index contributed by atoms with van der Waals surface area (Å²) in [5.74, 6) is -0.325. The molecule has 0 atom stereocenters. The van der Waals surface area contributed by atoms with Crippen molar-refractivity contribution >= 4 is 5.91 Å². The SMILES string of the molecule is Cc1cc(=O)c(C(=O)NCCCOC2CCCCC2)c[nH]1. The molecule has 5 heteroatoms. The van der Waals surface area contributed by atoms with E-state index in [1.165, 1.54) is 31.5 Å². The molecule has 21 heavy (non-hydrogen) atoms. The summed E-state index contributed by atoms with van der Waals surface area (Å²) in [4.78, 5) is 26.4. The lowest BCUT2D eigenvalue weighted by Gasteiger charge is -2.21. The molecular formula is C16H24N2O3. The van der Waals surface area contributed by atoms with Crippen LogP contribution in [0.1, 0.15) is 54.6 Å². The zero-order chi connectivity index (χ0) is 15.1. The van der Waals surface area contributed by atoms with Gasteiger partial charge < -0.3 is 15.0 Å². The molecule has 116 valence electrons. The molecule has 1 heterocycles. The van der Waals surface area contributed by atoms with Crippen LogP contribution in [0.15, 0.2) is 17.1 Å². The second-order valence-electron chi connectivity index (χ2n) is 5.63. The Balaban J connectivity index is 1.66. The molecule has 0 bridgehead atoms. The summed E-state index contributed by atoms with van der Waals surface area (Å²) in [6.07, 6.45) is 8.79. The predicted octanol–water partition coefficient (Wildman–Crippen LogP) is 2.15. The highest BCUT2D eigenvalue weighted by Crippen LogP contribution is 2.20. The Morgan fingerprint density at radius 3 is 2.86 bits per heavy atom. The van der Waals surface area contributed by atoms with Crippen molar-refractivity contribution in [1.82, 2.24) is 10.3 Å². The van der Waals surface area contributed by atoms with Crippen molar-refractivity contribution < 1.29 is 9.53 Å². The van der Waals surface area contributed by atoms with Gasteiger partial charge in [0.15, 0.2) is 5.43 Å². The van der Waals surface area contributed by atoms with E-state index in [0.29, 0.717) is 19.3 Å². The zero-order valence-corrected chi connectivity index (χ0v) is 12.6. The average molecular weight is 292 g/mol. The summed E-state index contributed by atoms with van der Waals surface area (Å²) in [7, 11) is 0. The van der Waals surface area contributed by atoms with Crippen molar-refractivity contribution in [3.8, 4) is 0 Å². The van der Waals surface area contributed by atoms with Gasteiger partial charge in [0.05, 0.1) is 6.10 Å². The number of amides is 1. The van der Waals surface area contributed by atoms with Crippen LogP contribution in [0.3, 0.4) is 0 Å². The normalized spacial score (nSPS) is 15.9. The van der Waals surface area contributed by atoms with E-state index in [-0.39, 0.29) is 16.9 Å². The number of aromatic amines is 1. The molecule has 0 saturated heterocycles. The molecule has 2 N–H and O–H groups in total. The monoisotopic (exact) mass is 292 g/mol. The molecule has 0 spiro atoms. The molecule has 0 aliphatic heterocycles. The lowest BCUT2D eigenvalue weighted by atomic mass is 9.98. The van der Waals surface area contributed by atoms with Gasteiger partial charge in [0.2, 0.25) is 0 Å². The first-order chi connectivity index (χ1) is 10.2. The van der Waals surface area contributed by atoms with E-state index in [2.05, 4.69) is 10.3 Å². The molecule has 0 unspecified atom stereocenters. The summed E-state index contributed by atoms with van der Waals surface area (Å²) in [5, 5.41) is 2.76. The van der Waals surface area contributed by atoms with Crippen LogP contribution in [0.2, 0.25) is 0 Å². The Labute approximate surface area is 125 Å². The fourth-order valence-electron chi connectivity index (χ4n) is 2.60. The van der Waals surface area contributed by atoms with E-state index in [4.69, 9.17) is 4.74 Å². The fraction of sp³-hybridized carbons (Fsp3) is 0.625. The highest BCUT2D eigenvalue weighted by Gasteiger charge is 2.13. The quantitative estimate of drug-likeness (QED) is 0.789. The van der Waals surface area contributed by atoms with Crippen LogP contribution >= 0.6 is 0 Å². The van der Waals surface area contributed by atoms with Crippen LogP contribution in [0.25, 0.3) is 0 Å². The van der Waals surface area contributed by atoms with Crippen LogP contribution in [0.5, 0.6) is 0 Å². The molecule has 1 aromatic rings. The van der Waals surface area contributed by atoms with E-state index < -0.39 is 0 Å². The Hall–Kier alpha value is -1.62. The maximum atomic E-state index is 11.9. The van der Waals surface area contributed by atoms with Crippen molar-refractivity contribution in [2.45, 2.75) is 51.6 Å². The number of rotatable bonds is 6. The van der Waals surface area contributed by atoms with Crippen molar-refractivity contribution in [2.75, 3.05) is 13.2 Å². The highest BCUT2D eigenvalue weighted by atomic mass is 16.5. The van der Waals surface area contributed by atoms with Gasteiger partial charge in [-0.05, 0) is 26.2 Å². The van der Waals surface area contributed by atoms with Gasteiger partial charge in [-0.15, -0.1) is 0 Å². The fourth-order valence-corrected chi connectivity index (χ4v) is 2.60. The average Bonchev–Trinajstić information content (AvgIpc) is 2.47. The number of nitrogens with one attached hydrogen (secondary N) is 2. The summed E-state index contributed by atoms with van der Waals surface area (Å²) >= 11 is 0. The molecular weight excluding hydrogens is 268 g/mol. The summed E-state index contributed by atoms with van der Waals surface area (Å²) in [5.41, 5.74) is 0.661. The van der Waals surface area contributed by atoms with E-state index in [1.54, 1.807) is 6.92 Å². The number of carbonyl (C=O) groups is 1. The minimum atomic E-state index is -0.325. The highest BCUT2D eigenvalue weighted by molar-refractivity contribution is 5.93. The minimum absolute atomic E-state index is 0.161. The third-order valence-electron chi connectivity index (χ3n) is 3.81. The summed E-state index contributed by atoms with van der Waals surface area (Å²) < 4.78 is 5.79. The maximum absolute atomic E-state index is 11.9. The van der Waals surface area contributed by atoms with E-state index in [1.807, 2.05) is 0 Å². The van der Waals surface area contributed by atoms with Crippen LogP contribution in [-0.4, -0.2) is 30.1 Å². The predicted molar refractivity (Wildman–Crippen MR) is 81.6 cm³/mol. The number of hydrogen-bond acceptors (Lipinski definition) is 3. The Kier molecular flexibility index (Phi) is 5.99. The molecule has 1 saturated carbocycles. The van der Waals surface area contributed by atoms with Crippen LogP contribution < -0.4 is 10.7 Å². The van der Waals surface area contributed by atoms with Gasteiger partial charge in [-0.1, -0.05) is 19.3 Å². The molecule has 1 aliphatic rings. The number of aryl methyl sites for hydroxylation is 1. The van der Waals surface area contributed by atoms with Crippen molar-refractivity contribution in [3.05, 3.63) is 33.7 Å². The van der Waals surface area contributed by atoms with Crippen molar-refractivity contribution in [1.29, 1.82) is 0 Å². The van der Waals surface area contributed by atoms with Crippen LogP contribution in [-0.2, 0) is 4.74 Å². The summed E-state index contributed by atoms with van der Waals surface area (Å²) in [6, 6.07) is 1.43. The van der Waals surface area contributed by atoms with Gasteiger partial charge in [0, 0.05) is 31.1 Å². The Morgan fingerprint density at radius 1 is 1.38 bits per heavy atom. The van der Waals surface area contributed by atoms with Gasteiger partial charge in [-0.3, -0.25) is 9.59 Å². The molecule has 1 amide bonds. The number of carbonyl (C=O) groups excluding carboxylic acids is 1. The van der Waals surface area contributed by atoms with E-state index in [9.17, 15) is 9.59 Å². The van der Waals surface area contributed by atoms with Crippen molar-refractivity contribution in [3.63, 3.8) is 0 Å². The molecule has 2 rings (SSSR count). The van der Waals surface area contributed by atoms with Gasteiger partial charge in [-0.2, -0.15) is 0 Å². The second-order valence-corrected chi connectivity index (χ2v) is 5.63. The number of hydrogen-bond donors (Lipinski definition) is 2. The largest absolute Gasteiger partial charge is 0.378 e. The lowest BCUT2D eigenvalue weighted by molar-refractivity contribution is 0.0273. The molecule has 0 radical (unpaired) electrons. The first-order valence-corrected chi connectivity index (χ1v) is 7.76. The zero-order valence-electron chi connectivity index (χ0n) is 12.6. The Morgan fingerprint density at radius 2 is 2.14 bits per heavy atom.